The van der Waals surface area contributed by atoms with Gasteiger partial charge >= 0.3 is 0 Å². The van der Waals surface area contributed by atoms with Crippen LogP contribution in [-0.4, -0.2) is 19.1 Å². The minimum absolute atomic E-state index is 0.0731. The minimum atomic E-state index is -0.541. The molecule has 0 saturated heterocycles. The summed E-state index contributed by atoms with van der Waals surface area (Å²) in [4.78, 5) is 12.6. The average Bonchev–Trinajstić information content (AvgIpc) is 2.59. The van der Waals surface area contributed by atoms with Crippen LogP contribution in [0.15, 0.2) is 42.5 Å². The van der Waals surface area contributed by atoms with Crippen LogP contribution in [-0.2, 0) is 4.79 Å². The zero-order chi connectivity index (χ0) is 18.4. The van der Waals surface area contributed by atoms with Crippen LogP contribution in [0.3, 0.4) is 0 Å². The topological polar surface area (TPSA) is 47.6 Å². The second-order valence-corrected chi connectivity index (χ2v) is 6.28. The molecule has 1 amide bonds. The zero-order valence-electron chi connectivity index (χ0n) is 15.6. The summed E-state index contributed by atoms with van der Waals surface area (Å²) in [6.07, 6.45) is 0.0446. The van der Waals surface area contributed by atoms with Gasteiger partial charge < -0.3 is 14.8 Å². The zero-order valence-corrected chi connectivity index (χ0v) is 15.6. The smallest absolute Gasteiger partial charge is 0.261 e. The molecular formula is C21H27NO3. The average molecular weight is 341 g/mol. The van der Waals surface area contributed by atoms with Gasteiger partial charge in [0.2, 0.25) is 0 Å². The highest BCUT2D eigenvalue weighted by Gasteiger charge is 2.21. The Kier molecular flexibility index (Phi) is 6.45. The van der Waals surface area contributed by atoms with E-state index in [4.69, 9.17) is 9.47 Å². The molecule has 0 aliphatic carbocycles. The van der Waals surface area contributed by atoms with Gasteiger partial charge in [-0.2, -0.15) is 0 Å². The van der Waals surface area contributed by atoms with Gasteiger partial charge in [0.15, 0.2) is 6.10 Å². The number of ether oxygens (including phenoxy) is 2. The van der Waals surface area contributed by atoms with Crippen molar-refractivity contribution in [2.24, 2.45) is 0 Å². The van der Waals surface area contributed by atoms with Crippen molar-refractivity contribution in [1.82, 2.24) is 5.32 Å². The molecule has 0 bridgehead atoms. The number of rotatable bonds is 7. The molecule has 2 aromatic carbocycles. The maximum Gasteiger partial charge on any atom is 0.261 e. The van der Waals surface area contributed by atoms with Crippen LogP contribution in [0.1, 0.15) is 43.0 Å². The summed E-state index contributed by atoms with van der Waals surface area (Å²) in [5.41, 5.74) is 3.51. The Morgan fingerprint density at radius 2 is 1.84 bits per heavy atom. The highest BCUT2D eigenvalue weighted by molar-refractivity contribution is 5.81. The first-order valence-corrected chi connectivity index (χ1v) is 8.62. The molecular weight excluding hydrogens is 314 g/mol. The maximum atomic E-state index is 12.6. The van der Waals surface area contributed by atoms with E-state index in [0.29, 0.717) is 17.9 Å². The van der Waals surface area contributed by atoms with E-state index in [2.05, 4.69) is 37.4 Å². The van der Waals surface area contributed by atoms with Crippen LogP contribution < -0.4 is 14.8 Å². The summed E-state index contributed by atoms with van der Waals surface area (Å²) in [7, 11) is 1.61. The number of amides is 1. The molecule has 2 rings (SSSR count). The van der Waals surface area contributed by atoms with Gasteiger partial charge in [0, 0.05) is 6.07 Å². The Morgan fingerprint density at radius 1 is 1.12 bits per heavy atom. The molecule has 134 valence electrons. The summed E-state index contributed by atoms with van der Waals surface area (Å²) < 4.78 is 11.1. The van der Waals surface area contributed by atoms with Crippen LogP contribution in [0.25, 0.3) is 0 Å². The fraction of sp³-hybridized carbons (Fsp3) is 0.381. The number of carbonyl (C=O) groups excluding carboxylic acids is 1. The predicted octanol–water partition coefficient (Wildman–Crippen LogP) is 4.35. The highest BCUT2D eigenvalue weighted by Crippen LogP contribution is 2.22. The molecule has 25 heavy (non-hydrogen) atoms. The maximum absolute atomic E-state index is 12.6. The van der Waals surface area contributed by atoms with E-state index in [-0.39, 0.29) is 11.9 Å². The summed E-state index contributed by atoms with van der Waals surface area (Å²) in [5, 5.41) is 3.06. The van der Waals surface area contributed by atoms with Crippen molar-refractivity contribution in [3.8, 4) is 11.5 Å². The molecule has 0 heterocycles. The van der Waals surface area contributed by atoms with Gasteiger partial charge in [0.05, 0.1) is 13.2 Å². The van der Waals surface area contributed by atoms with Crippen molar-refractivity contribution >= 4 is 5.91 Å². The fourth-order valence-corrected chi connectivity index (χ4v) is 2.86. The minimum Gasteiger partial charge on any atom is -0.497 e. The number of aryl methyl sites for hydroxylation is 2. The van der Waals surface area contributed by atoms with Gasteiger partial charge in [-0.25, -0.2) is 0 Å². The molecule has 4 heteroatoms. The molecule has 0 saturated carbocycles. The molecule has 4 nitrogen and oxygen atoms in total. The third-order valence-electron chi connectivity index (χ3n) is 4.23. The Bertz CT molecular complexity index is 727. The predicted molar refractivity (Wildman–Crippen MR) is 100 cm³/mol. The molecule has 2 aromatic rings. The van der Waals surface area contributed by atoms with Crippen LogP contribution in [0.5, 0.6) is 11.5 Å². The third kappa shape index (κ3) is 4.99. The first kappa shape index (κ1) is 18.8. The molecule has 0 fully saturated rings. The number of hydrogen-bond acceptors (Lipinski definition) is 3. The van der Waals surface area contributed by atoms with E-state index in [1.54, 1.807) is 13.2 Å². The largest absolute Gasteiger partial charge is 0.497 e. The van der Waals surface area contributed by atoms with E-state index in [1.165, 1.54) is 11.1 Å². The normalized spacial score (nSPS) is 13.0. The Balaban J connectivity index is 2.06. The molecule has 0 radical (unpaired) electrons. The Hall–Kier alpha value is -2.49. The lowest BCUT2D eigenvalue weighted by Crippen LogP contribution is -2.39. The van der Waals surface area contributed by atoms with E-state index < -0.39 is 6.10 Å². The van der Waals surface area contributed by atoms with Crippen molar-refractivity contribution in [2.75, 3.05) is 7.11 Å². The van der Waals surface area contributed by atoms with Crippen molar-refractivity contribution in [3.63, 3.8) is 0 Å². The highest BCUT2D eigenvalue weighted by atomic mass is 16.5. The number of nitrogens with one attached hydrogen (secondary N) is 1. The second-order valence-electron chi connectivity index (χ2n) is 6.28. The second kappa shape index (κ2) is 8.56. The lowest BCUT2D eigenvalue weighted by atomic mass is 10.00. The molecule has 0 aliphatic heterocycles. The number of methoxy groups -OCH3 is 1. The van der Waals surface area contributed by atoms with Gasteiger partial charge in [-0.3, -0.25) is 4.79 Å². The quantitative estimate of drug-likeness (QED) is 0.814. The van der Waals surface area contributed by atoms with Crippen molar-refractivity contribution in [1.29, 1.82) is 0 Å². The SMILES string of the molecule is CC[C@H](Oc1cccc(OC)c1)C(=O)N[C@H](C)c1ccc(C)cc1C. The van der Waals surface area contributed by atoms with Crippen LogP contribution >= 0.6 is 0 Å². The van der Waals surface area contributed by atoms with Crippen LogP contribution in [0.4, 0.5) is 0 Å². The molecule has 1 N–H and O–H groups in total. The third-order valence-corrected chi connectivity index (χ3v) is 4.23. The lowest BCUT2D eigenvalue weighted by molar-refractivity contribution is -0.128. The Labute approximate surface area is 150 Å². The van der Waals surface area contributed by atoms with E-state index in [0.717, 1.165) is 5.56 Å². The fourth-order valence-electron chi connectivity index (χ4n) is 2.86. The number of carbonyl (C=O) groups is 1. The van der Waals surface area contributed by atoms with Crippen molar-refractivity contribution < 1.29 is 14.3 Å². The number of hydrogen-bond donors (Lipinski definition) is 1. The number of benzene rings is 2. The van der Waals surface area contributed by atoms with Gasteiger partial charge in [-0.15, -0.1) is 0 Å². The van der Waals surface area contributed by atoms with Crippen LogP contribution in [0.2, 0.25) is 0 Å². The summed E-state index contributed by atoms with van der Waals surface area (Å²) in [6.45, 7) is 8.06. The lowest BCUT2D eigenvalue weighted by Gasteiger charge is -2.22. The molecule has 0 spiro atoms. The summed E-state index contributed by atoms with van der Waals surface area (Å²) >= 11 is 0. The monoisotopic (exact) mass is 341 g/mol. The molecule has 0 unspecified atom stereocenters. The molecule has 2 atom stereocenters. The van der Waals surface area contributed by atoms with E-state index in [1.807, 2.05) is 32.0 Å². The first-order chi connectivity index (χ1) is 11.9. The van der Waals surface area contributed by atoms with E-state index in [9.17, 15) is 4.79 Å². The Morgan fingerprint density at radius 3 is 2.48 bits per heavy atom. The van der Waals surface area contributed by atoms with Crippen molar-refractivity contribution in [2.45, 2.75) is 46.3 Å². The first-order valence-electron chi connectivity index (χ1n) is 8.62. The van der Waals surface area contributed by atoms with Crippen molar-refractivity contribution in [3.05, 3.63) is 59.2 Å². The van der Waals surface area contributed by atoms with Gasteiger partial charge in [0.1, 0.15) is 11.5 Å². The molecule has 0 aromatic heterocycles. The summed E-state index contributed by atoms with van der Waals surface area (Å²) in [6, 6.07) is 13.5. The van der Waals surface area contributed by atoms with Crippen LogP contribution in [0, 0.1) is 13.8 Å². The van der Waals surface area contributed by atoms with Gasteiger partial charge in [-0.05, 0) is 50.5 Å². The van der Waals surface area contributed by atoms with Gasteiger partial charge in [-0.1, -0.05) is 36.8 Å². The van der Waals surface area contributed by atoms with E-state index >= 15 is 0 Å². The summed E-state index contributed by atoms with van der Waals surface area (Å²) in [5.74, 6) is 1.22. The van der Waals surface area contributed by atoms with Gasteiger partial charge in [0.25, 0.3) is 5.91 Å². The molecule has 0 aliphatic rings. The standard InChI is InChI=1S/C21H27NO3/c1-6-20(25-18-9-7-8-17(13-18)24-5)21(23)22-16(4)19-11-10-14(2)12-15(19)3/h7-13,16,20H,6H2,1-5H3,(H,22,23)/t16-,20+/m1/s1.